The minimum absolute atomic E-state index is 0.645. The number of ether oxygens (including phenoxy) is 2. The second-order valence-electron chi connectivity index (χ2n) is 4.64. The summed E-state index contributed by atoms with van der Waals surface area (Å²) < 4.78 is 11.2. The molecule has 0 fully saturated rings. The predicted molar refractivity (Wildman–Crippen MR) is 89.4 cm³/mol. The summed E-state index contributed by atoms with van der Waals surface area (Å²) in [4.78, 5) is 1.04. The molecule has 2 N–H and O–H groups in total. The lowest BCUT2D eigenvalue weighted by Crippen LogP contribution is -2.01. The van der Waals surface area contributed by atoms with Crippen molar-refractivity contribution in [2.75, 3.05) is 24.7 Å². The Labute approximate surface area is 130 Å². The molecular formula is C17H21NO2S. The summed E-state index contributed by atoms with van der Waals surface area (Å²) in [6.07, 6.45) is 0. The average Bonchev–Trinajstić information content (AvgIpc) is 2.49. The summed E-state index contributed by atoms with van der Waals surface area (Å²) in [6.45, 7) is 5.34. The molecule has 0 saturated heterocycles. The van der Waals surface area contributed by atoms with Crippen LogP contribution in [-0.2, 0) is 0 Å². The van der Waals surface area contributed by atoms with Crippen molar-refractivity contribution in [1.82, 2.24) is 0 Å². The number of hydrogen-bond donors (Lipinski definition) is 1. The first-order valence-corrected chi connectivity index (χ1v) is 8.02. The van der Waals surface area contributed by atoms with Gasteiger partial charge in [-0.3, -0.25) is 0 Å². The van der Waals surface area contributed by atoms with E-state index in [-0.39, 0.29) is 0 Å². The lowest BCUT2D eigenvalue weighted by atomic mass is 10.2. The molecule has 0 amide bonds. The van der Waals surface area contributed by atoms with E-state index in [1.807, 2.05) is 49.4 Å². The van der Waals surface area contributed by atoms with E-state index in [4.69, 9.17) is 15.2 Å². The van der Waals surface area contributed by atoms with Gasteiger partial charge in [-0.05, 0) is 44.2 Å². The van der Waals surface area contributed by atoms with Crippen LogP contribution in [0.5, 0.6) is 11.5 Å². The van der Waals surface area contributed by atoms with E-state index < -0.39 is 0 Å². The number of rotatable bonds is 7. The minimum Gasteiger partial charge on any atom is -0.494 e. The quantitative estimate of drug-likeness (QED) is 0.474. The molecule has 0 atom stereocenters. The molecule has 21 heavy (non-hydrogen) atoms. The van der Waals surface area contributed by atoms with Crippen LogP contribution < -0.4 is 15.2 Å². The zero-order chi connectivity index (χ0) is 15.1. The molecule has 0 bridgehead atoms. The molecule has 3 nitrogen and oxygen atoms in total. The van der Waals surface area contributed by atoms with Crippen molar-refractivity contribution in [3.05, 3.63) is 48.0 Å². The Morgan fingerprint density at radius 1 is 1.00 bits per heavy atom. The van der Waals surface area contributed by atoms with Gasteiger partial charge < -0.3 is 15.2 Å². The van der Waals surface area contributed by atoms with Crippen LogP contribution >= 0.6 is 11.8 Å². The zero-order valence-corrected chi connectivity index (χ0v) is 13.3. The van der Waals surface area contributed by atoms with Crippen LogP contribution in [0.3, 0.4) is 0 Å². The normalized spacial score (nSPS) is 10.4. The highest BCUT2D eigenvalue weighted by Gasteiger charge is 2.03. The lowest BCUT2D eigenvalue weighted by Gasteiger charge is -2.10. The van der Waals surface area contributed by atoms with E-state index in [9.17, 15) is 0 Å². The van der Waals surface area contributed by atoms with Crippen molar-refractivity contribution in [1.29, 1.82) is 0 Å². The summed E-state index contributed by atoms with van der Waals surface area (Å²) in [5, 5.41) is 0. The Morgan fingerprint density at radius 2 is 1.71 bits per heavy atom. The highest BCUT2D eigenvalue weighted by atomic mass is 32.2. The molecule has 2 aromatic rings. The minimum atomic E-state index is 0.645. The second kappa shape index (κ2) is 7.84. The van der Waals surface area contributed by atoms with Crippen molar-refractivity contribution in [3.8, 4) is 11.5 Å². The van der Waals surface area contributed by atoms with Crippen molar-refractivity contribution in [3.63, 3.8) is 0 Å². The maximum atomic E-state index is 5.98. The zero-order valence-electron chi connectivity index (χ0n) is 12.5. The molecule has 2 aromatic carbocycles. The van der Waals surface area contributed by atoms with Gasteiger partial charge in [0.1, 0.15) is 11.5 Å². The summed E-state index contributed by atoms with van der Waals surface area (Å²) in [6, 6.07) is 13.8. The Bertz CT molecular complexity index is 570. The van der Waals surface area contributed by atoms with E-state index in [2.05, 4.69) is 6.92 Å². The molecule has 0 radical (unpaired) electrons. The molecule has 4 heteroatoms. The van der Waals surface area contributed by atoms with Gasteiger partial charge >= 0.3 is 0 Å². The SMILES string of the molecule is CCOc1ccc(N)c(SCCOc2ccc(C)cc2)c1. The first-order valence-electron chi connectivity index (χ1n) is 7.03. The van der Waals surface area contributed by atoms with Gasteiger partial charge in [-0.25, -0.2) is 0 Å². The number of thioether (sulfide) groups is 1. The smallest absolute Gasteiger partial charge is 0.120 e. The maximum Gasteiger partial charge on any atom is 0.120 e. The van der Waals surface area contributed by atoms with Crippen LogP contribution in [0.15, 0.2) is 47.4 Å². The topological polar surface area (TPSA) is 44.5 Å². The number of anilines is 1. The second-order valence-corrected chi connectivity index (χ2v) is 5.78. The summed E-state index contributed by atoms with van der Waals surface area (Å²) in [5.74, 6) is 2.60. The molecule has 0 spiro atoms. The fourth-order valence-corrected chi connectivity index (χ4v) is 2.66. The molecule has 0 heterocycles. The van der Waals surface area contributed by atoms with Gasteiger partial charge in [0.15, 0.2) is 0 Å². The standard InChI is InChI=1S/C17H21NO2S/c1-3-19-15-8-9-16(18)17(12-15)21-11-10-20-14-6-4-13(2)5-7-14/h4-9,12H,3,10-11,18H2,1-2H3. The van der Waals surface area contributed by atoms with E-state index in [1.54, 1.807) is 11.8 Å². The van der Waals surface area contributed by atoms with Crippen LogP contribution in [0.2, 0.25) is 0 Å². The van der Waals surface area contributed by atoms with Gasteiger partial charge in [0.05, 0.1) is 13.2 Å². The van der Waals surface area contributed by atoms with Gasteiger partial charge in [0.2, 0.25) is 0 Å². The van der Waals surface area contributed by atoms with Crippen molar-refractivity contribution in [2.45, 2.75) is 18.7 Å². The van der Waals surface area contributed by atoms with Gasteiger partial charge in [-0.1, -0.05) is 17.7 Å². The number of nitrogens with two attached hydrogens (primary N) is 1. The third-order valence-electron chi connectivity index (χ3n) is 2.93. The van der Waals surface area contributed by atoms with E-state index in [0.29, 0.717) is 13.2 Å². The molecule has 0 unspecified atom stereocenters. The van der Waals surface area contributed by atoms with E-state index in [1.165, 1.54) is 5.56 Å². The molecule has 2 rings (SSSR count). The molecule has 0 saturated carbocycles. The summed E-state index contributed by atoms with van der Waals surface area (Å²) >= 11 is 1.68. The first kappa shape index (κ1) is 15.6. The van der Waals surface area contributed by atoms with Crippen LogP contribution in [-0.4, -0.2) is 19.0 Å². The van der Waals surface area contributed by atoms with Crippen LogP contribution in [0.1, 0.15) is 12.5 Å². The Morgan fingerprint density at radius 3 is 2.43 bits per heavy atom. The lowest BCUT2D eigenvalue weighted by molar-refractivity contribution is 0.339. The maximum absolute atomic E-state index is 5.98. The van der Waals surface area contributed by atoms with Gasteiger partial charge in [-0.2, -0.15) is 0 Å². The predicted octanol–water partition coefficient (Wildman–Crippen LogP) is 4.15. The Balaban J connectivity index is 1.82. The van der Waals surface area contributed by atoms with Crippen LogP contribution in [0.25, 0.3) is 0 Å². The molecule has 0 aliphatic heterocycles. The average molecular weight is 303 g/mol. The third-order valence-corrected chi connectivity index (χ3v) is 3.96. The molecular weight excluding hydrogens is 282 g/mol. The molecule has 0 aliphatic carbocycles. The van der Waals surface area contributed by atoms with E-state index >= 15 is 0 Å². The molecule has 0 aliphatic rings. The van der Waals surface area contributed by atoms with E-state index in [0.717, 1.165) is 27.8 Å². The van der Waals surface area contributed by atoms with Crippen molar-refractivity contribution in [2.24, 2.45) is 0 Å². The van der Waals surface area contributed by atoms with Crippen molar-refractivity contribution >= 4 is 17.4 Å². The Hall–Kier alpha value is -1.81. The van der Waals surface area contributed by atoms with Gasteiger partial charge in [0.25, 0.3) is 0 Å². The number of hydrogen-bond acceptors (Lipinski definition) is 4. The van der Waals surface area contributed by atoms with Crippen LogP contribution in [0.4, 0.5) is 5.69 Å². The summed E-state index contributed by atoms with van der Waals surface area (Å²) in [5.41, 5.74) is 7.99. The van der Waals surface area contributed by atoms with Gasteiger partial charge in [-0.15, -0.1) is 11.8 Å². The van der Waals surface area contributed by atoms with Crippen molar-refractivity contribution < 1.29 is 9.47 Å². The number of benzene rings is 2. The van der Waals surface area contributed by atoms with Crippen LogP contribution in [0, 0.1) is 6.92 Å². The number of aryl methyl sites for hydroxylation is 1. The summed E-state index contributed by atoms with van der Waals surface area (Å²) in [7, 11) is 0. The highest BCUT2D eigenvalue weighted by molar-refractivity contribution is 7.99. The fourth-order valence-electron chi connectivity index (χ4n) is 1.84. The first-order chi connectivity index (χ1) is 10.2. The molecule has 0 aromatic heterocycles. The monoisotopic (exact) mass is 303 g/mol. The third kappa shape index (κ3) is 4.90. The highest BCUT2D eigenvalue weighted by Crippen LogP contribution is 2.29. The molecule has 112 valence electrons. The number of nitrogen functional groups attached to an aromatic ring is 1. The van der Waals surface area contributed by atoms with Gasteiger partial charge in [0, 0.05) is 16.3 Å². The fraction of sp³-hybridized carbons (Fsp3) is 0.294. The largest absolute Gasteiger partial charge is 0.494 e. The Kier molecular flexibility index (Phi) is 5.81.